The first-order chi connectivity index (χ1) is 13.2. The lowest BCUT2D eigenvalue weighted by atomic mass is 9.97. The van der Waals surface area contributed by atoms with Crippen LogP contribution in [0.25, 0.3) is 11.0 Å². The van der Waals surface area contributed by atoms with Gasteiger partial charge in [0.05, 0.1) is 17.6 Å². The van der Waals surface area contributed by atoms with Gasteiger partial charge < -0.3 is 10.3 Å². The van der Waals surface area contributed by atoms with Gasteiger partial charge in [0.1, 0.15) is 11.6 Å². The molecule has 2 aromatic carbocycles. The van der Waals surface area contributed by atoms with Crippen molar-refractivity contribution in [2.45, 2.75) is 25.3 Å². The first kappa shape index (κ1) is 17.7. The van der Waals surface area contributed by atoms with Gasteiger partial charge in [-0.3, -0.25) is 9.69 Å². The van der Waals surface area contributed by atoms with Crippen LogP contribution in [-0.2, 0) is 11.3 Å². The minimum atomic E-state index is -0.268. The van der Waals surface area contributed by atoms with E-state index in [-0.39, 0.29) is 11.7 Å². The van der Waals surface area contributed by atoms with Crippen LogP contribution in [0.5, 0.6) is 0 Å². The van der Waals surface area contributed by atoms with E-state index in [1.807, 2.05) is 24.3 Å². The van der Waals surface area contributed by atoms with E-state index in [2.05, 4.69) is 15.2 Å². The molecular formula is C21H23FN4O. The summed E-state index contributed by atoms with van der Waals surface area (Å²) in [4.78, 5) is 22.6. The second-order valence-corrected chi connectivity index (χ2v) is 7.12. The van der Waals surface area contributed by atoms with E-state index < -0.39 is 0 Å². The summed E-state index contributed by atoms with van der Waals surface area (Å²) in [7, 11) is 0. The molecule has 2 heterocycles. The normalized spacial score (nSPS) is 17.9. The number of aromatic amines is 1. The minimum absolute atomic E-state index is 0.00965. The fourth-order valence-corrected chi connectivity index (χ4v) is 3.65. The Labute approximate surface area is 157 Å². The molecule has 1 fully saturated rings. The summed E-state index contributed by atoms with van der Waals surface area (Å²) in [5.41, 5.74) is 2.94. The van der Waals surface area contributed by atoms with Gasteiger partial charge in [-0.15, -0.1) is 0 Å². The van der Waals surface area contributed by atoms with E-state index in [0.29, 0.717) is 19.0 Å². The van der Waals surface area contributed by atoms with E-state index in [1.165, 1.54) is 12.1 Å². The van der Waals surface area contributed by atoms with Gasteiger partial charge in [-0.05, 0) is 49.2 Å². The number of fused-ring (bicyclic) bond motifs is 1. The molecule has 1 amide bonds. The fourth-order valence-electron chi connectivity index (χ4n) is 3.65. The molecule has 140 valence electrons. The Morgan fingerprint density at radius 1 is 1.22 bits per heavy atom. The predicted octanol–water partition coefficient (Wildman–Crippen LogP) is 3.20. The van der Waals surface area contributed by atoms with Crippen LogP contribution in [0.2, 0.25) is 0 Å². The van der Waals surface area contributed by atoms with Crippen LogP contribution >= 0.6 is 0 Å². The van der Waals surface area contributed by atoms with Crippen molar-refractivity contribution in [1.82, 2.24) is 20.2 Å². The number of benzene rings is 2. The van der Waals surface area contributed by atoms with Gasteiger partial charge >= 0.3 is 0 Å². The number of hydrogen-bond donors (Lipinski definition) is 2. The van der Waals surface area contributed by atoms with Crippen molar-refractivity contribution in [1.29, 1.82) is 0 Å². The molecule has 2 N–H and O–H groups in total. The molecule has 0 saturated carbocycles. The third kappa shape index (κ3) is 4.34. The molecule has 1 aliphatic rings. The first-order valence-corrected chi connectivity index (χ1v) is 9.35. The van der Waals surface area contributed by atoms with Gasteiger partial charge in [-0.25, -0.2) is 9.37 Å². The number of imidazole rings is 1. The number of halogens is 1. The summed E-state index contributed by atoms with van der Waals surface area (Å²) >= 11 is 0. The predicted molar refractivity (Wildman–Crippen MR) is 103 cm³/mol. The molecule has 0 radical (unpaired) electrons. The number of carbonyl (C=O) groups excluding carboxylic acids is 1. The lowest BCUT2D eigenvalue weighted by Crippen LogP contribution is -2.42. The summed E-state index contributed by atoms with van der Waals surface area (Å²) < 4.78 is 12.9. The fraction of sp³-hybridized carbons (Fsp3) is 0.333. The van der Waals surface area contributed by atoms with Crippen molar-refractivity contribution < 1.29 is 9.18 Å². The number of aromatic nitrogens is 2. The molecule has 27 heavy (non-hydrogen) atoms. The highest BCUT2D eigenvalue weighted by Crippen LogP contribution is 2.26. The number of carbonyl (C=O) groups is 1. The van der Waals surface area contributed by atoms with Crippen LogP contribution in [0.15, 0.2) is 48.5 Å². The van der Waals surface area contributed by atoms with Crippen LogP contribution in [0.3, 0.4) is 0 Å². The molecule has 1 unspecified atom stereocenters. The van der Waals surface area contributed by atoms with Gasteiger partial charge in [0.25, 0.3) is 0 Å². The number of hydrogen-bond acceptors (Lipinski definition) is 3. The van der Waals surface area contributed by atoms with E-state index in [0.717, 1.165) is 48.4 Å². The highest BCUT2D eigenvalue weighted by Gasteiger charge is 2.25. The zero-order valence-electron chi connectivity index (χ0n) is 15.1. The highest BCUT2D eigenvalue weighted by atomic mass is 19.1. The van der Waals surface area contributed by atoms with Crippen LogP contribution in [0, 0.1) is 5.82 Å². The summed E-state index contributed by atoms with van der Waals surface area (Å²) in [6.07, 6.45) is 2.13. The molecule has 1 atom stereocenters. The molecule has 4 rings (SSSR count). The summed E-state index contributed by atoms with van der Waals surface area (Å²) in [6.45, 7) is 2.53. The summed E-state index contributed by atoms with van der Waals surface area (Å²) in [6, 6.07) is 14.2. The molecule has 6 heteroatoms. The van der Waals surface area contributed by atoms with Crippen molar-refractivity contribution in [2.75, 3.05) is 19.6 Å². The maximum atomic E-state index is 12.9. The van der Waals surface area contributed by atoms with Crippen LogP contribution in [-0.4, -0.2) is 40.4 Å². The molecule has 0 aliphatic carbocycles. The van der Waals surface area contributed by atoms with Crippen molar-refractivity contribution in [3.8, 4) is 0 Å². The second-order valence-electron chi connectivity index (χ2n) is 7.12. The number of nitrogens with one attached hydrogen (secondary N) is 2. The molecule has 1 saturated heterocycles. The number of nitrogens with zero attached hydrogens (tertiary/aromatic N) is 2. The third-order valence-electron chi connectivity index (χ3n) is 5.07. The van der Waals surface area contributed by atoms with Gasteiger partial charge in [0.2, 0.25) is 5.91 Å². The summed E-state index contributed by atoms with van der Waals surface area (Å²) in [5, 5.41) is 2.92. The standard InChI is InChI=1S/C21H23FN4O/c22-17-9-7-15(8-10-17)12-23-20(27)14-26-11-3-4-16(13-26)21-24-18-5-1-2-6-19(18)25-21/h1-2,5-10,16H,3-4,11-14H2,(H,23,27)(H,24,25). The Balaban J connectivity index is 1.32. The van der Waals surface area contributed by atoms with E-state index in [9.17, 15) is 9.18 Å². The zero-order chi connectivity index (χ0) is 18.6. The molecule has 3 aromatic rings. The SMILES string of the molecule is O=C(CN1CCCC(c2nc3ccccc3[nH]2)C1)NCc1ccc(F)cc1. The largest absolute Gasteiger partial charge is 0.351 e. The van der Waals surface area contributed by atoms with Crippen molar-refractivity contribution in [3.05, 3.63) is 65.7 Å². The third-order valence-corrected chi connectivity index (χ3v) is 5.07. The number of H-pyrrole nitrogens is 1. The number of para-hydroxylation sites is 2. The lowest BCUT2D eigenvalue weighted by molar-refractivity contribution is -0.122. The average Bonchev–Trinajstić information content (AvgIpc) is 3.12. The Morgan fingerprint density at radius 3 is 2.85 bits per heavy atom. The Bertz CT molecular complexity index is 888. The van der Waals surface area contributed by atoms with Gasteiger partial charge in [0, 0.05) is 19.0 Å². The number of rotatable bonds is 5. The highest BCUT2D eigenvalue weighted by molar-refractivity contribution is 5.78. The minimum Gasteiger partial charge on any atom is -0.351 e. The average molecular weight is 366 g/mol. The Kier molecular flexibility index (Phi) is 5.16. The quantitative estimate of drug-likeness (QED) is 0.729. The molecule has 5 nitrogen and oxygen atoms in total. The number of piperidine rings is 1. The number of likely N-dealkylation sites (tertiary alicyclic amines) is 1. The summed E-state index contributed by atoms with van der Waals surface area (Å²) in [5.74, 6) is 1.04. The van der Waals surface area contributed by atoms with Crippen LogP contribution in [0.4, 0.5) is 4.39 Å². The van der Waals surface area contributed by atoms with Crippen LogP contribution < -0.4 is 5.32 Å². The zero-order valence-corrected chi connectivity index (χ0v) is 15.1. The smallest absolute Gasteiger partial charge is 0.234 e. The second kappa shape index (κ2) is 7.88. The Morgan fingerprint density at radius 2 is 2.04 bits per heavy atom. The van der Waals surface area contributed by atoms with Gasteiger partial charge in [-0.2, -0.15) is 0 Å². The maximum absolute atomic E-state index is 12.9. The van der Waals surface area contributed by atoms with Crippen LogP contribution in [0.1, 0.15) is 30.1 Å². The van der Waals surface area contributed by atoms with Crippen molar-refractivity contribution >= 4 is 16.9 Å². The maximum Gasteiger partial charge on any atom is 0.234 e. The number of amides is 1. The van der Waals surface area contributed by atoms with E-state index in [1.54, 1.807) is 12.1 Å². The lowest BCUT2D eigenvalue weighted by Gasteiger charge is -2.31. The Hall–Kier alpha value is -2.73. The molecule has 0 spiro atoms. The molecule has 1 aromatic heterocycles. The first-order valence-electron chi connectivity index (χ1n) is 9.35. The van der Waals surface area contributed by atoms with E-state index >= 15 is 0 Å². The van der Waals surface area contributed by atoms with Gasteiger partial charge in [-0.1, -0.05) is 24.3 Å². The van der Waals surface area contributed by atoms with E-state index in [4.69, 9.17) is 4.98 Å². The molecule has 0 bridgehead atoms. The topological polar surface area (TPSA) is 61.0 Å². The molecule has 1 aliphatic heterocycles. The van der Waals surface area contributed by atoms with Gasteiger partial charge in [0.15, 0.2) is 0 Å². The molecular weight excluding hydrogens is 343 g/mol. The monoisotopic (exact) mass is 366 g/mol. The van der Waals surface area contributed by atoms with Crippen molar-refractivity contribution in [3.63, 3.8) is 0 Å². The van der Waals surface area contributed by atoms with Crippen molar-refractivity contribution in [2.24, 2.45) is 0 Å².